The number of benzene rings is 1. The molecule has 0 bridgehead atoms. The van der Waals surface area contributed by atoms with Gasteiger partial charge < -0.3 is 15.3 Å². The van der Waals surface area contributed by atoms with E-state index in [0.717, 1.165) is 18.4 Å². The van der Waals surface area contributed by atoms with E-state index in [1.807, 2.05) is 44.7 Å². The van der Waals surface area contributed by atoms with Gasteiger partial charge in [-0.25, -0.2) is 0 Å². The van der Waals surface area contributed by atoms with E-state index in [-0.39, 0.29) is 23.7 Å². The summed E-state index contributed by atoms with van der Waals surface area (Å²) in [6.07, 6.45) is 5.76. The van der Waals surface area contributed by atoms with Crippen molar-refractivity contribution in [1.82, 2.24) is 10.2 Å². The molecule has 2 amide bonds. The van der Waals surface area contributed by atoms with Gasteiger partial charge in [0.05, 0.1) is 11.5 Å². The Kier molecular flexibility index (Phi) is 7.93. The van der Waals surface area contributed by atoms with Crippen molar-refractivity contribution in [3.05, 3.63) is 34.9 Å². The van der Waals surface area contributed by atoms with E-state index < -0.39 is 11.0 Å². The number of nitrogens with one attached hydrogen (secondary N) is 1. The second-order valence-electron chi connectivity index (χ2n) is 10.8. The zero-order chi connectivity index (χ0) is 23.5. The number of nitrogens with zero attached hydrogens (tertiary/aromatic N) is 1. The molecule has 3 rings (SSSR count). The van der Waals surface area contributed by atoms with E-state index in [1.165, 1.54) is 12.8 Å². The molecule has 0 aromatic heterocycles. The summed E-state index contributed by atoms with van der Waals surface area (Å²) in [6.45, 7) is 9.41. The van der Waals surface area contributed by atoms with Crippen LogP contribution < -0.4 is 5.32 Å². The average molecular weight is 463 g/mol. The minimum atomic E-state index is -1.03. The summed E-state index contributed by atoms with van der Waals surface area (Å²) in [6, 6.07) is 7.34. The second kappa shape index (κ2) is 10.1. The van der Waals surface area contributed by atoms with E-state index >= 15 is 0 Å². The Morgan fingerprint density at radius 2 is 1.81 bits per heavy atom. The predicted octanol–water partition coefficient (Wildman–Crippen LogP) is 4.75. The Hall–Kier alpha value is -1.59. The first-order valence-electron chi connectivity index (χ1n) is 12.1. The fourth-order valence-electron chi connectivity index (χ4n) is 5.39. The van der Waals surface area contributed by atoms with Crippen LogP contribution in [0.3, 0.4) is 0 Å². The smallest absolute Gasteiger partial charge is 0.227 e. The van der Waals surface area contributed by atoms with E-state index in [4.69, 9.17) is 11.6 Å². The van der Waals surface area contributed by atoms with Crippen molar-refractivity contribution in [1.29, 1.82) is 0 Å². The summed E-state index contributed by atoms with van der Waals surface area (Å²) in [4.78, 5) is 27.7. The average Bonchev–Trinajstić information content (AvgIpc) is 3.23. The number of likely N-dealkylation sites (tertiary alicyclic amines) is 1. The quantitative estimate of drug-likeness (QED) is 0.614. The van der Waals surface area contributed by atoms with E-state index in [2.05, 4.69) is 5.32 Å². The maximum absolute atomic E-state index is 13.5. The Morgan fingerprint density at radius 1 is 1.19 bits per heavy atom. The van der Waals surface area contributed by atoms with Gasteiger partial charge in [0.15, 0.2) is 0 Å². The van der Waals surface area contributed by atoms with Crippen LogP contribution in [-0.4, -0.2) is 41.5 Å². The molecule has 1 saturated carbocycles. The third kappa shape index (κ3) is 5.48. The Labute approximate surface area is 197 Å². The van der Waals surface area contributed by atoms with Crippen LogP contribution in [0.5, 0.6) is 0 Å². The molecule has 1 aliphatic heterocycles. The molecular weight excluding hydrogens is 424 g/mol. The minimum absolute atomic E-state index is 0.0615. The van der Waals surface area contributed by atoms with Crippen LogP contribution in [0.1, 0.15) is 71.8 Å². The standard InChI is InChI=1S/C26H39ClN2O3/c1-18(2)22(16-28-23(30)15-19-7-5-6-8-19)24(31)29-14-13-26(32,25(3,4)17-29)20-9-11-21(27)12-10-20/h9-12,18-19,22,32H,5-8,13-17H2,1-4H3,(H,28,30)/t22-,26-/m0/s1. The lowest BCUT2D eigenvalue weighted by molar-refractivity contribution is -0.157. The highest BCUT2D eigenvalue weighted by molar-refractivity contribution is 6.30. The molecule has 1 aromatic rings. The maximum atomic E-state index is 13.5. The molecule has 2 fully saturated rings. The maximum Gasteiger partial charge on any atom is 0.227 e. The number of carbonyl (C=O) groups excluding carboxylic acids is 2. The van der Waals surface area contributed by atoms with Gasteiger partial charge in [-0.05, 0) is 48.8 Å². The minimum Gasteiger partial charge on any atom is -0.384 e. The molecule has 32 heavy (non-hydrogen) atoms. The Bertz CT molecular complexity index is 802. The summed E-state index contributed by atoms with van der Waals surface area (Å²) in [7, 11) is 0. The lowest BCUT2D eigenvalue weighted by Crippen LogP contribution is -2.58. The number of carbonyl (C=O) groups is 2. The number of hydrogen-bond acceptors (Lipinski definition) is 3. The van der Waals surface area contributed by atoms with Crippen molar-refractivity contribution < 1.29 is 14.7 Å². The number of rotatable bonds is 7. The molecule has 6 heteroatoms. The summed E-state index contributed by atoms with van der Waals surface area (Å²) >= 11 is 6.03. The van der Waals surface area contributed by atoms with Crippen LogP contribution in [0.4, 0.5) is 0 Å². The lowest BCUT2D eigenvalue weighted by Gasteiger charge is -2.51. The molecule has 1 aromatic carbocycles. The van der Waals surface area contributed by atoms with Gasteiger partial charge in [0.25, 0.3) is 0 Å². The van der Waals surface area contributed by atoms with E-state index in [9.17, 15) is 14.7 Å². The fraction of sp³-hybridized carbons (Fsp3) is 0.692. The van der Waals surface area contributed by atoms with Crippen LogP contribution in [0, 0.1) is 23.2 Å². The van der Waals surface area contributed by atoms with Crippen molar-refractivity contribution in [2.45, 2.75) is 71.8 Å². The fourth-order valence-corrected chi connectivity index (χ4v) is 5.51. The topological polar surface area (TPSA) is 69.6 Å². The van der Waals surface area contributed by atoms with Gasteiger partial charge in [0.2, 0.25) is 11.8 Å². The van der Waals surface area contributed by atoms with Crippen LogP contribution in [-0.2, 0) is 15.2 Å². The first kappa shape index (κ1) is 25.0. The lowest BCUT2D eigenvalue weighted by atomic mass is 9.66. The zero-order valence-corrected chi connectivity index (χ0v) is 20.8. The third-order valence-electron chi connectivity index (χ3n) is 7.67. The molecule has 0 radical (unpaired) electrons. The highest BCUT2D eigenvalue weighted by Gasteiger charge is 2.50. The van der Waals surface area contributed by atoms with Crippen molar-refractivity contribution in [3.63, 3.8) is 0 Å². The third-order valence-corrected chi connectivity index (χ3v) is 7.92. The van der Waals surface area contributed by atoms with Gasteiger partial charge in [0, 0.05) is 36.5 Å². The highest BCUT2D eigenvalue weighted by Crippen LogP contribution is 2.46. The largest absolute Gasteiger partial charge is 0.384 e. The van der Waals surface area contributed by atoms with Gasteiger partial charge in [-0.15, -0.1) is 0 Å². The SMILES string of the molecule is CC(C)[C@H](CNC(=O)CC1CCCC1)C(=O)N1CC[C@](O)(c2ccc(Cl)cc2)C(C)(C)C1. The monoisotopic (exact) mass is 462 g/mol. The Balaban J connectivity index is 1.63. The van der Waals surface area contributed by atoms with Crippen molar-refractivity contribution in [2.24, 2.45) is 23.2 Å². The molecule has 178 valence electrons. The number of amides is 2. The number of hydrogen-bond donors (Lipinski definition) is 2. The summed E-state index contributed by atoms with van der Waals surface area (Å²) in [5.74, 6) is 0.477. The van der Waals surface area contributed by atoms with Crippen molar-refractivity contribution >= 4 is 23.4 Å². The highest BCUT2D eigenvalue weighted by atomic mass is 35.5. The van der Waals surface area contributed by atoms with Gasteiger partial charge in [0.1, 0.15) is 0 Å². The molecule has 1 saturated heterocycles. The van der Waals surface area contributed by atoms with Crippen LogP contribution in [0.15, 0.2) is 24.3 Å². The molecule has 1 aliphatic carbocycles. The number of piperidine rings is 1. The first-order chi connectivity index (χ1) is 15.0. The predicted molar refractivity (Wildman–Crippen MR) is 128 cm³/mol. The number of halogens is 1. The zero-order valence-electron chi connectivity index (χ0n) is 20.0. The van der Waals surface area contributed by atoms with Crippen LogP contribution in [0.25, 0.3) is 0 Å². The van der Waals surface area contributed by atoms with Gasteiger partial charge in [-0.1, -0.05) is 64.3 Å². The Morgan fingerprint density at radius 3 is 2.38 bits per heavy atom. The van der Waals surface area contributed by atoms with Crippen LogP contribution in [0.2, 0.25) is 5.02 Å². The molecule has 2 N–H and O–H groups in total. The molecule has 0 spiro atoms. The molecule has 0 unspecified atom stereocenters. The second-order valence-corrected chi connectivity index (χ2v) is 11.2. The van der Waals surface area contributed by atoms with Gasteiger partial charge in [-0.2, -0.15) is 0 Å². The molecule has 2 atom stereocenters. The molecule has 2 aliphatic rings. The van der Waals surface area contributed by atoms with Gasteiger partial charge in [-0.3, -0.25) is 9.59 Å². The van der Waals surface area contributed by atoms with Crippen LogP contribution >= 0.6 is 11.6 Å². The summed E-state index contributed by atoms with van der Waals surface area (Å²) < 4.78 is 0. The van der Waals surface area contributed by atoms with Crippen molar-refractivity contribution in [2.75, 3.05) is 19.6 Å². The van der Waals surface area contributed by atoms with Gasteiger partial charge >= 0.3 is 0 Å². The molecule has 5 nitrogen and oxygen atoms in total. The number of aliphatic hydroxyl groups is 1. The summed E-state index contributed by atoms with van der Waals surface area (Å²) in [5.41, 5.74) is -0.724. The molecular formula is C26H39ClN2O3. The van der Waals surface area contributed by atoms with E-state index in [0.29, 0.717) is 43.4 Å². The normalized spacial score (nSPS) is 24.5. The van der Waals surface area contributed by atoms with Crippen molar-refractivity contribution in [3.8, 4) is 0 Å². The molecule has 1 heterocycles. The van der Waals surface area contributed by atoms with E-state index in [1.54, 1.807) is 12.1 Å². The summed E-state index contributed by atoms with van der Waals surface area (Å²) in [5, 5.41) is 15.2. The first-order valence-corrected chi connectivity index (χ1v) is 12.5.